The third kappa shape index (κ3) is 46.7. The Labute approximate surface area is 245 Å². The summed E-state index contributed by atoms with van der Waals surface area (Å²) in [5.41, 5.74) is 0. The standard InChI is InChI=1S/2C13H28O4S.Mg/c2*1-2-3-4-5-6-7-8-9-10-11-12-13-17-18(14,15)16;/h2*2-13H2,1H3,(H,14,15,16);/q;;+2/p-2. The van der Waals surface area contributed by atoms with E-state index in [1.165, 1.54) is 103 Å². The van der Waals surface area contributed by atoms with Gasteiger partial charge in [0.2, 0.25) is 20.8 Å². The number of hydrogen-bond donors (Lipinski definition) is 0. The molecule has 220 valence electrons. The van der Waals surface area contributed by atoms with E-state index in [-0.39, 0.29) is 36.3 Å². The Bertz CT molecular complexity index is 587. The molecule has 0 fully saturated rings. The van der Waals surface area contributed by atoms with Crippen molar-refractivity contribution in [3.05, 3.63) is 0 Å². The van der Waals surface area contributed by atoms with Gasteiger partial charge < -0.3 is 9.11 Å². The summed E-state index contributed by atoms with van der Waals surface area (Å²) in [6, 6.07) is 0. The van der Waals surface area contributed by atoms with Gasteiger partial charge in [0.05, 0.1) is 13.2 Å². The van der Waals surface area contributed by atoms with Gasteiger partial charge in [0.25, 0.3) is 0 Å². The molecule has 0 aromatic carbocycles. The smallest absolute Gasteiger partial charge is 0.726 e. The summed E-state index contributed by atoms with van der Waals surface area (Å²) in [5, 5.41) is 0. The summed E-state index contributed by atoms with van der Waals surface area (Å²) in [4.78, 5) is 0. The second kappa shape index (κ2) is 31.0. The Morgan fingerprint density at radius 1 is 0.405 bits per heavy atom. The zero-order valence-electron chi connectivity index (χ0n) is 23.8. The molecule has 0 aliphatic carbocycles. The van der Waals surface area contributed by atoms with Crippen LogP contribution in [-0.2, 0) is 29.2 Å². The summed E-state index contributed by atoms with van der Waals surface area (Å²) >= 11 is 0. The fourth-order valence-electron chi connectivity index (χ4n) is 3.85. The van der Waals surface area contributed by atoms with E-state index in [4.69, 9.17) is 0 Å². The maximum atomic E-state index is 10.1. The van der Waals surface area contributed by atoms with Gasteiger partial charge in [-0.1, -0.05) is 142 Å². The van der Waals surface area contributed by atoms with Crippen molar-refractivity contribution in [1.29, 1.82) is 0 Å². The van der Waals surface area contributed by atoms with Gasteiger partial charge in [0.1, 0.15) is 0 Å². The van der Waals surface area contributed by atoms with Crippen molar-refractivity contribution in [1.82, 2.24) is 0 Å². The molecule has 0 bridgehead atoms. The van der Waals surface area contributed by atoms with E-state index in [1.807, 2.05) is 0 Å². The fourth-order valence-corrected chi connectivity index (χ4v) is 4.50. The average molecular weight is 583 g/mol. The summed E-state index contributed by atoms with van der Waals surface area (Å²) in [6.45, 7) is 4.51. The molecule has 0 atom stereocenters. The molecule has 0 aromatic heterocycles. The summed E-state index contributed by atoms with van der Waals surface area (Å²) in [6.07, 6.45) is 26.2. The van der Waals surface area contributed by atoms with Crippen LogP contribution in [0.15, 0.2) is 0 Å². The molecule has 0 unspecified atom stereocenters. The summed E-state index contributed by atoms with van der Waals surface area (Å²) in [5.74, 6) is 0. The molecule has 0 saturated heterocycles. The van der Waals surface area contributed by atoms with Crippen LogP contribution in [0.2, 0.25) is 0 Å². The SMILES string of the molecule is CCCCCCCCCCCCCOS(=O)(=O)[O-].CCCCCCCCCCCCCOS(=O)(=O)[O-].[Mg+2]. The Morgan fingerprint density at radius 2 is 0.595 bits per heavy atom. The van der Waals surface area contributed by atoms with Crippen LogP contribution in [-0.4, -0.2) is 62.2 Å². The van der Waals surface area contributed by atoms with E-state index in [0.29, 0.717) is 12.8 Å². The second-order valence-electron chi connectivity index (χ2n) is 9.53. The fraction of sp³-hybridized carbons (Fsp3) is 1.00. The molecule has 0 N–H and O–H groups in total. The van der Waals surface area contributed by atoms with Gasteiger partial charge in [0.15, 0.2) is 0 Å². The van der Waals surface area contributed by atoms with Crippen LogP contribution >= 0.6 is 0 Å². The minimum atomic E-state index is -4.49. The van der Waals surface area contributed by atoms with Gasteiger partial charge in [0, 0.05) is 0 Å². The monoisotopic (exact) mass is 582 g/mol. The summed E-state index contributed by atoms with van der Waals surface area (Å²) < 4.78 is 69.1. The van der Waals surface area contributed by atoms with Crippen LogP contribution in [0.1, 0.15) is 155 Å². The van der Waals surface area contributed by atoms with Crippen LogP contribution in [0.4, 0.5) is 0 Å². The van der Waals surface area contributed by atoms with E-state index in [0.717, 1.165) is 25.7 Å². The molecule has 0 heterocycles. The van der Waals surface area contributed by atoms with E-state index in [2.05, 4.69) is 22.2 Å². The van der Waals surface area contributed by atoms with Crippen molar-refractivity contribution < 1.29 is 34.3 Å². The van der Waals surface area contributed by atoms with Crippen LogP contribution in [0.5, 0.6) is 0 Å². The molecule has 0 aliphatic heterocycles. The van der Waals surface area contributed by atoms with Crippen LogP contribution in [0.3, 0.4) is 0 Å². The minimum absolute atomic E-state index is 0. The average Bonchev–Trinajstić information content (AvgIpc) is 2.79. The molecule has 0 aromatic rings. The molecule has 8 nitrogen and oxygen atoms in total. The van der Waals surface area contributed by atoms with Crippen molar-refractivity contribution in [2.75, 3.05) is 13.2 Å². The third-order valence-electron chi connectivity index (χ3n) is 5.95. The molecule has 0 spiro atoms. The van der Waals surface area contributed by atoms with Gasteiger partial charge in [-0.25, -0.2) is 16.8 Å². The Kier molecular flexibility index (Phi) is 35.2. The first kappa shape index (κ1) is 42.0. The van der Waals surface area contributed by atoms with Crippen molar-refractivity contribution in [3.8, 4) is 0 Å². The predicted octanol–water partition coefficient (Wildman–Crippen LogP) is 7.17. The molecule has 0 rings (SSSR count). The Hall–Kier alpha value is 0.506. The van der Waals surface area contributed by atoms with Crippen molar-refractivity contribution >= 4 is 43.9 Å². The first-order valence-corrected chi connectivity index (χ1v) is 17.0. The minimum Gasteiger partial charge on any atom is -0.726 e. The molecule has 0 amide bonds. The van der Waals surface area contributed by atoms with E-state index in [1.54, 1.807) is 0 Å². The van der Waals surface area contributed by atoms with E-state index < -0.39 is 20.8 Å². The zero-order valence-corrected chi connectivity index (χ0v) is 26.8. The van der Waals surface area contributed by atoms with Crippen molar-refractivity contribution in [2.45, 2.75) is 155 Å². The molecule has 11 heteroatoms. The normalized spacial score (nSPS) is 11.6. The van der Waals surface area contributed by atoms with E-state index in [9.17, 15) is 25.9 Å². The molecule has 0 saturated carbocycles. The molecule has 0 aliphatic rings. The van der Waals surface area contributed by atoms with Gasteiger partial charge >= 0.3 is 23.1 Å². The van der Waals surface area contributed by atoms with Gasteiger partial charge in [-0.3, -0.25) is 8.37 Å². The van der Waals surface area contributed by atoms with Crippen molar-refractivity contribution in [2.24, 2.45) is 0 Å². The number of rotatable bonds is 26. The zero-order chi connectivity index (χ0) is 27.4. The number of unbranched alkanes of at least 4 members (excludes halogenated alkanes) is 20. The van der Waals surface area contributed by atoms with Crippen LogP contribution in [0.25, 0.3) is 0 Å². The van der Waals surface area contributed by atoms with Gasteiger partial charge in [-0.15, -0.1) is 0 Å². The van der Waals surface area contributed by atoms with Gasteiger partial charge in [-0.05, 0) is 12.8 Å². The van der Waals surface area contributed by atoms with E-state index >= 15 is 0 Å². The predicted molar refractivity (Wildman–Crippen MR) is 150 cm³/mol. The molecular formula is C26H54MgO8S2. The van der Waals surface area contributed by atoms with Crippen LogP contribution < -0.4 is 0 Å². The van der Waals surface area contributed by atoms with Crippen molar-refractivity contribution in [3.63, 3.8) is 0 Å². The topological polar surface area (TPSA) is 133 Å². The Balaban J connectivity index is -0.000000608. The van der Waals surface area contributed by atoms with Gasteiger partial charge in [-0.2, -0.15) is 0 Å². The van der Waals surface area contributed by atoms with Crippen LogP contribution in [0, 0.1) is 0 Å². The molecule has 37 heavy (non-hydrogen) atoms. The molecular weight excluding hydrogens is 529 g/mol. The maximum Gasteiger partial charge on any atom is 2.00 e. The first-order valence-electron chi connectivity index (χ1n) is 14.3. The largest absolute Gasteiger partial charge is 2.00 e. The first-order chi connectivity index (χ1) is 17.1. The third-order valence-corrected chi connectivity index (χ3v) is 6.86. The molecule has 0 radical (unpaired) electrons. The summed E-state index contributed by atoms with van der Waals surface area (Å²) in [7, 11) is -8.97. The number of hydrogen-bond acceptors (Lipinski definition) is 8. The Morgan fingerprint density at radius 3 is 0.784 bits per heavy atom. The maximum absolute atomic E-state index is 10.1. The quantitative estimate of drug-likeness (QED) is 0.0453. The second-order valence-corrected chi connectivity index (χ2v) is 11.6.